The van der Waals surface area contributed by atoms with Crippen LogP contribution in [0.1, 0.15) is 33.1 Å². The number of hydrogen-bond donors (Lipinski definition) is 0. The zero-order valence-electron chi connectivity index (χ0n) is 8.60. The molecule has 1 rings (SSSR count). The lowest BCUT2D eigenvalue weighted by atomic mass is 10.1. The minimum atomic E-state index is -3.39. The van der Waals surface area contributed by atoms with Crippen LogP contribution in [0, 0.1) is 11.3 Å². The Morgan fingerprint density at radius 1 is 1.50 bits per heavy atom. The van der Waals surface area contributed by atoms with Crippen LogP contribution in [-0.4, -0.2) is 30.6 Å². The maximum Gasteiger partial charge on any atom is 0.230 e. The summed E-state index contributed by atoms with van der Waals surface area (Å²) >= 11 is 0. The summed E-state index contributed by atoms with van der Waals surface area (Å²) < 4.78 is 25.1. The van der Waals surface area contributed by atoms with E-state index >= 15 is 0 Å². The minimum absolute atomic E-state index is 0.0459. The summed E-state index contributed by atoms with van der Waals surface area (Å²) in [5, 5.41) is 7.70. The molecule has 0 bridgehead atoms. The summed E-state index contributed by atoms with van der Waals surface area (Å²) in [6.07, 6.45) is 2.88. The lowest BCUT2D eigenvalue weighted by molar-refractivity contribution is 0.267. The number of nitriles is 1. The molecule has 0 aromatic carbocycles. The molecule has 1 aliphatic rings. The van der Waals surface area contributed by atoms with E-state index in [1.165, 1.54) is 11.2 Å². The van der Waals surface area contributed by atoms with Gasteiger partial charge in [0.2, 0.25) is 10.0 Å². The lowest BCUT2D eigenvalue weighted by Crippen LogP contribution is -2.45. The molecule has 1 heterocycles. The highest BCUT2D eigenvalue weighted by atomic mass is 32.2. The fraction of sp³-hybridized carbons (Fsp3) is 0.889. The average Bonchev–Trinajstić information content (AvgIpc) is 2.17. The molecule has 2 unspecified atom stereocenters. The standard InChI is InChI=1S/C9H16N2O2S/c1-8-5-3-4-6-11(8)14(12,13)9(2)7-10/h8-9H,3-6H2,1-2H3. The van der Waals surface area contributed by atoms with Crippen LogP contribution >= 0.6 is 0 Å². The highest BCUT2D eigenvalue weighted by Crippen LogP contribution is 2.22. The second-order valence-corrected chi connectivity index (χ2v) is 5.98. The Morgan fingerprint density at radius 3 is 2.64 bits per heavy atom. The van der Waals surface area contributed by atoms with Gasteiger partial charge >= 0.3 is 0 Å². The fourth-order valence-corrected chi connectivity index (χ4v) is 3.25. The normalized spacial score (nSPS) is 26.8. The molecule has 0 radical (unpaired) electrons. The summed E-state index contributed by atoms with van der Waals surface area (Å²) in [6.45, 7) is 3.91. The van der Waals surface area contributed by atoms with E-state index in [1.54, 1.807) is 6.07 Å². The summed E-state index contributed by atoms with van der Waals surface area (Å²) in [4.78, 5) is 0. The quantitative estimate of drug-likeness (QED) is 0.694. The number of sulfonamides is 1. The van der Waals surface area contributed by atoms with Gasteiger partial charge in [0.15, 0.2) is 5.25 Å². The van der Waals surface area contributed by atoms with Crippen LogP contribution in [0.25, 0.3) is 0 Å². The van der Waals surface area contributed by atoms with Gasteiger partial charge in [-0.1, -0.05) is 6.42 Å². The second kappa shape index (κ2) is 4.28. The van der Waals surface area contributed by atoms with Gasteiger partial charge in [0.25, 0.3) is 0 Å². The van der Waals surface area contributed by atoms with E-state index in [0.29, 0.717) is 6.54 Å². The molecule has 1 fully saturated rings. The monoisotopic (exact) mass is 216 g/mol. The van der Waals surface area contributed by atoms with Crippen molar-refractivity contribution in [2.24, 2.45) is 0 Å². The van der Waals surface area contributed by atoms with Crippen molar-refractivity contribution < 1.29 is 8.42 Å². The highest BCUT2D eigenvalue weighted by molar-refractivity contribution is 7.90. The van der Waals surface area contributed by atoms with E-state index in [-0.39, 0.29) is 6.04 Å². The summed E-state index contributed by atoms with van der Waals surface area (Å²) in [5.74, 6) is 0. The Hall–Kier alpha value is -0.600. The first kappa shape index (κ1) is 11.5. The predicted octanol–water partition coefficient (Wildman–Crippen LogP) is 1.10. The number of rotatable bonds is 2. The van der Waals surface area contributed by atoms with Crippen LogP contribution in [0.3, 0.4) is 0 Å². The van der Waals surface area contributed by atoms with Gasteiger partial charge in [-0.15, -0.1) is 0 Å². The van der Waals surface area contributed by atoms with Gasteiger partial charge in [-0.25, -0.2) is 8.42 Å². The first-order valence-corrected chi connectivity index (χ1v) is 6.40. The van der Waals surface area contributed by atoms with Crippen molar-refractivity contribution in [2.45, 2.75) is 44.4 Å². The molecule has 4 nitrogen and oxygen atoms in total. The van der Waals surface area contributed by atoms with Crippen molar-refractivity contribution in [2.75, 3.05) is 6.54 Å². The van der Waals surface area contributed by atoms with Crippen molar-refractivity contribution in [3.8, 4) is 6.07 Å². The molecule has 14 heavy (non-hydrogen) atoms. The summed E-state index contributed by atoms with van der Waals surface area (Å²) in [7, 11) is -3.39. The molecule has 1 aliphatic heterocycles. The second-order valence-electron chi connectivity index (χ2n) is 3.77. The Kier molecular flexibility index (Phi) is 3.51. The van der Waals surface area contributed by atoms with Gasteiger partial charge in [-0.2, -0.15) is 9.57 Å². The van der Waals surface area contributed by atoms with E-state index in [4.69, 9.17) is 5.26 Å². The number of piperidine rings is 1. The highest BCUT2D eigenvalue weighted by Gasteiger charge is 2.33. The van der Waals surface area contributed by atoms with E-state index in [0.717, 1.165) is 19.3 Å². The fourth-order valence-electron chi connectivity index (χ4n) is 1.72. The summed E-state index contributed by atoms with van der Waals surface area (Å²) in [6, 6.07) is 1.84. The molecule has 0 saturated carbocycles. The van der Waals surface area contributed by atoms with Crippen LogP contribution in [0.4, 0.5) is 0 Å². The number of nitrogens with zero attached hydrogens (tertiary/aromatic N) is 2. The zero-order chi connectivity index (χ0) is 10.8. The van der Waals surface area contributed by atoms with Gasteiger partial charge in [0.05, 0.1) is 6.07 Å². The molecule has 5 heteroatoms. The zero-order valence-corrected chi connectivity index (χ0v) is 9.42. The van der Waals surface area contributed by atoms with Crippen molar-refractivity contribution in [3.63, 3.8) is 0 Å². The maximum absolute atomic E-state index is 11.8. The molecule has 0 spiro atoms. The van der Waals surface area contributed by atoms with Crippen LogP contribution in [0.2, 0.25) is 0 Å². The van der Waals surface area contributed by atoms with Crippen LogP contribution in [-0.2, 0) is 10.0 Å². The van der Waals surface area contributed by atoms with Crippen molar-refractivity contribution in [3.05, 3.63) is 0 Å². The first-order chi connectivity index (χ1) is 6.50. The topological polar surface area (TPSA) is 61.2 Å². The Morgan fingerprint density at radius 2 is 2.14 bits per heavy atom. The van der Waals surface area contributed by atoms with Crippen LogP contribution in [0.15, 0.2) is 0 Å². The Bertz CT molecular complexity index is 331. The molecule has 0 N–H and O–H groups in total. The molecule has 0 aromatic heterocycles. The van der Waals surface area contributed by atoms with Gasteiger partial charge in [0, 0.05) is 12.6 Å². The molecule has 80 valence electrons. The number of hydrogen-bond acceptors (Lipinski definition) is 3. The molecule has 0 amide bonds. The molecular formula is C9H16N2O2S. The molecule has 2 atom stereocenters. The molecular weight excluding hydrogens is 200 g/mol. The first-order valence-electron chi connectivity index (χ1n) is 4.90. The smallest absolute Gasteiger partial charge is 0.211 e. The van der Waals surface area contributed by atoms with Gasteiger partial charge < -0.3 is 0 Å². The molecule has 0 aliphatic carbocycles. The Labute approximate surface area is 85.6 Å². The predicted molar refractivity (Wildman–Crippen MR) is 54.0 cm³/mol. The van der Waals surface area contributed by atoms with E-state index in [9.17, 15) is 8.42 Å². The van der Waals surface area contributed by atoms with E-state index < -0.39 is 15.3 Å². The van der Waals surface area contributed by atoms with Crippen molar-refractivity contribution in [1.82, 2.24) is 4.31 Å². The van der Waals surface area contributed by atoms with Crippen LogP contribution in [0.5, 0.6) is 0 Å². The van der Waals surface area contributed by atoms with Crippen molar-refractivity contribution in [1.29, 1.82) is 5.26 Å². The Balaban J connectivity index is 2.87. The third kappa shape index (κ3) is 2.07. The van der Waals surface area contributed by atoms with Gasteiger partial charge in [-0.3, -0.25) is 0 Å². The average molecular weight is 216 g/mol. The van der Waals surface area contributed by atoms with E-state index in [1.807, 2.05) is 6.92 Å². The van der Waals surface area contributed by atoms with Gasteiger partial charge in [0.1, 0.15) is 0 Å². The third-order valence-corrected chi connectivity index (χ3v) is 4.89. The molecule has 0 aromatic rings. The van der Waals surface area contributed by atoms with Gasteiger partial charge in [-0.05, 0) is 26.7 Å². The SMILES string of the molecule is CC1CCCCN1S(=O)(=O)C(C)C#N. The lowest BCUT2D eigenvalue weighted by Gasteiger charge is -2.32. The van der Waals surface area contributed by atoms with Crippen LogP contribution < -0.4 is 0 Å². The van der Waals surface area contributed by atoms with E-state index in [2.05, 4.69) is 0 Å². The molecule has 1 saturated heterocycles. The minimum Gasteiger partial charge on any atom is -0.211 e. The third-order valence-electron chi connectivity index (χ3n) is 2.70. The largest absolute Gasteiger partial charge is 0.230 e. The maximum atomic E-state index is 11.8. The van der Waals surface area contributed by atoms with Crippen molar-refractivity contribution >= 4 is 10.0 Å². The summed E-state index contributed by atoms with van der Waals surface area (Å²) in [5.41, 5.74) is 0.